The second-order valence-corrected chi connectivity index (χ2v) is 8.45. The van der Waals surface area contributed by atoms with Gasteiger partial charge in [-0.2, -0.15) is 5.10 Å². The Bertz CT molecular complexity index is 842. The number of rotatable bonds is 4. The summed E-state index contributed by atoms with van der Waals surface area (Å²) < 4.78 is 8.22. The second-order valence-electron chi connectivity index (χ2n) is 7.53. The summed E-state index contributed by atoms with van der Waals surface area (Å²) in [5.41, 5.74) is 2.91. The van der Waals surface area contributed by atoms with Gasteiger partial charge in [0, 0.05) is 41.9 Å². The van der Waals surface area contributed by atoms with Crippen LogP contribution in [-0.2, 0) is 11.2 Å². The van der Waals surface area contributed by atoms with E-state index in [1.807, 2.05) is 16.8 Å². The Labute approximate surface area is 160 Å². The number of nitrogens with one attached hydrogen (secondary N) is 1. The molecule has 3 aliphatic rings. The lowest BCUT2D eigenvalue weighted by Gasteiger charge is -2.22. The van der Waals surface area contributed by atoms with Crippen molar-refractivity contribution < 1.29 is 9.53 Å². The maximum atomic E-state index is 12.8. The van der Waals surface area contributed by atoms with Crippen molar-refractivity contribution in [2.45, 2.75) is 31.6 Å². The number of pyridine rings is 1. The van der Waals surface area contributed by atoms with Gasteiger partial charge in [-0.15, -0.1) is 0 Å². The Morgan fingerprint density at radius 2 is 2.19 bits per heavy atom. The van der Waals surface area contributed by atoms with E-state index < -0.39 is 0 Å². The lowest BCUT2D eigenvalue weighted by molar-refractivity contribution is 0.0642. The van der Waals surface area contributed by atoms with E-state index in [9.17, 15) is 4.79 Å². The zero-order valence-electron chi connectivity index (χ0n) is 14.4. The molecule has 2 fully saturated rings. The van der Waals surface area contributed by atoms with Gasteiger partial charge in [-0.05, 0) is 65.6 Å². The van der Waals surface area contributed by atoms with E-state index in [1.54, 1.807) is 6.20 Å². The Hall–Kier alpha value is -1.73. The number of carbonyl (C=O) groups is 1. The van der Waals surface area contributed by atoms with Gasteiger partial charge in [-0.25, -0.2) is 9.67 Å². The van der Waals surface area contributed by atoms with Gasteiger partial charge in [0.05, 0.1) is 5.69 Å². The summed E-state index contributed by atoms with van der Waals surface area (Å²) in [6, 6.07) is 3.90. The monoisotopic (exact) mass is 416 g/mol. The molecule has 1 aliphatic heterocycles. The van der Waals surface area contributed by atoms with Crippen molar-refractivity contribution >= 4 is 21.8 Å². The number of carbonyl (C=O) groups excluding carboxylic acids is 1. The van der Waals surface area contributed by atoms with Crippen LogP contribution in [0.15, 0.2) is 22.8 Å². The lowest BCUT2D eigenvalue weighted by atomic mass is 10.0. The maximum absolute atomic E-state index is 12.8. The summed E-state index contributed by atoms with van der Waals surface area (Å²) in [4.78, 5) is 17.3. The standard InChI is InChI=1S/C19H21BrN4O2/c20-13-1-2-16(21-10-13)24-18-14-7-12(14)8-15(18)17(23-24)19(25)22-9-11-3-5-26-6-4-11/h1-2,10-12,14H,3-9H2,(H,22,25)/t12-,14-/m1/s1. The predicted octanol–water partition coefficient (Wildman–Crippen LogP) is 2.85. The van der Waals surface area contributed by atoms with Crippen molar-refractivity contribution in [2.24, 2.45) is 11.8 Å². The summed E-state index contributed by atoms with van der Waals surface area (Å²) in [5.74, 6) is 2.46. The molecule has 1 N–H and O–H groups in total. The smallest absolute Gasteiger partial charge is 0.272 e. The third-order valence-corrected chi connectivity index (χ3v) is 6.27. The topological polar surface area (TPSA) is 69.0 Å². The molecule has 1 saturated carbocycles. The highest BCUT2D eigenvalue weighted by Crippen LogP contribution is 2.57. The van der Waals surface area contributed by atoms with Crippen molar-refractivity contribution in [3.8, 4) is 5.82 Å². The average molecular weight is 417 g/mol. The molecule has 2 aliphatic carbocycles. The number of hydrogen-bond acceptors (Lipinski definition) is 4. The average Bonchev–Trinajstić information content (AvgIpc) is 3.17. The molecule has 0 radical (unpaired) electrons. The molecule has 2 aromatic rings. The van der Waals surface area contributed by atoms with Gasteiger partial charge in [0.1, 0.15) is 0 Å². The van der Waals surface area contributed by atoms with E-state index in [0.29, 0.717) is 30.0 Å². The number of hydrogen-bond donors (Lipinski definition) is 1. The normalized spacial score (nSPS) is 24.2. The summed E-state index contributed by atoms with van der Waals surface area (Å²) in [5, 5.41) is 7.78. The van der Waals surface area contributed by atoms with Crippen LogP contribution < -0.4 is 5.32 Å². The fourth-order valence-electron chi connectivity index (χ4n) is 4.24. The van der Waals surface area contributed by atoms with E-state index in [1.165, 1.54) is 12.1 Å². The Balaban J connectivity index is 1.40. The first-order valence-electron chi connectivity index (χ1n) is 9.30. The van der Waals surface area contributed by atoms with Crippen molar-refractivity contribution in [1.82, 2.24) is 20.1 Å². The molecule has 3 heterocycles. The fraction of sp³-hybridized carbons (Fsp3) is 0.526. The van der Waals surface area contributed by atoms with Gasteiger partial charge < -0.3 is 10.1 Å². The molecule has 0 spiro atoms. The van der Waals surface area contributed by atoms with Gasteiger partial charge in [0.2, 0.25) is 0 Å². The van der Waals surface area contributed by atoms with E-state index in [4.69, 9.17) is 4.74 Å². The minimum absolute atomic E-state index is 0.0510. The molecule has 1 amide bonds. The molecule has 26 heavy (non-hydrogen) atoms. The van der Waals surface area contributed by atoms with Gasteiger partial charge in [0.25, 0.3) is 5.91 Å². The van der Waals surface area contributed by atoms with E-state index in [0.717, 1.165) is 48.3 Å². The maximum Gasteiger partial charge on any atom is 0.272 e. The van der Waals surface area contributed by atoms with Crippen LogP contribution >= 0.6 is 15.9 Å². The van der Waals surface area contributed by atoms with Crippen molar-refractivity contribution in [3.63, 3.8) is 0 Å². The molecular formula is C19H21BrN4O2. The Morgan fingerprint density at radius 1 is 1.35 bits per heavy atom. The number of aromatic nitrogens is 3. The van der Waals surface area contributed by atoms with Crippen LogP contribution in [0.1, 0.15) is 46.9 Å². The number of halogens is 1. The highest BCUT2D eigenvalue weighted by molar-refractivity contribution is 9.10. The number of amides is 1. The highest BCUT2D eigenvalue weighted by atomic mass is 79.9. The number of ether oxygens (including phenoxy) is 1. The predicted molar refractivity (Wildman–Crippen MR) is 99.5 cm³/mol. The van der Waals surface area contributed by atoms with Crippen LogP contribution in [0.4, 0.5) is 0 Å². The summed E-state index contributed by atoms with van der Waals surface area (Å²) in [6.45, 7) is 2.29. The van der Waals surface area contributed by atoms with Crippen LogP contribution in [0, 0.1) is 11.8 Å². The van der Waals surface area contributed by atoms with E-state index in [-0.39, 0.29) is 5.91 Å². The molecule has 2 aromatic heterocycles. The zero-order valence-corrected chi connectivity index (χ0v) is 16.0. The quantitative estimate of drug-likeness (QED) is 0.831. The second kappa shape index (κ2) is 6.46. The van der Waals surface area contributed by atoms with Crippen LogP contribution in [0.3, 0.4) is 0 Å². The molecule has 2 atom stereocenters. The van der Waals surface area contributed by atoms with Crippen LogP contribution in [0.5, 0.6) is 0 Å². The van der Waals surface area contributed by atoms with Crippen molar-refractivity contribution in [2.75, 3.05) is 19.8 Å². The van der Waals surface area contributed by atoms with Crippen LogP contribution in [0.25, 0.3) is 5.82 Å². The summed E-state index contributed by atoms with van der Waals surface area (Å²) in [6.07, 6.45) is 5.97. The van der Waals surface area contributed by atoms with E-state index >= 15 is 0 Å². The van der Waals surface area contributed by atoms with Gasteiger partial charge in [-0.1, -0.05) is 0 Å². The van der Waals surface area contributed by atoms with Gasteiger partial charge >= 0.3 is 0 Å². The number of fused-ring (bicyclic) bond motifs is 3. The fourth-order valence-corrected chi connectivity index (χ4v) is 4.47. The third-order valence-electron chi connectivity index (χ3n) is 5.80. The zero-order chi connectivity index (χ0) is 17.7. The first-order chi connectivity index (χ1) is 12.7. The molecule has 0 unspecified atom stereocenters. The van der Waals surface area contributed by atoms with Crippen LogP contribution in [-0.4, -0.2) is 40.4 Å². The molecule has 136 valence electrons. The van der Waals surface area contributed by atoms with Crippen molar-refractivity contribution in [3.05, 3.63) is 39.8 Å². The lowest BCUT2D eigenvalue weighted by Crippen LogP contribution is -2.32. The summed E-state index contributed by atoms with van der Waals surface area (Å²) >= 11 is 3.42. The van der Waals surface area contributed by atoms with Gasteiger partial charge in [0.15, 0.2) is 11.5 Å². The summed E-state index contributed by atoms with van der Waals surface area (Å²) in [7, 11) is 0. The Morgan fingerprint density at radius 3 is 2.96 bits per heavy atom. The SMILES string of the molecule is O=C(NCC1CCOCC1)c1nn(-c2ccc(Br)cn2)c2c1C[C@H]1C[C@@H]21. The first kappa shape index (κ1) is 16.4. The van der Waals surface area contributed by atoms with E-state index in [2.05, 4.69) is 31.3 Å². The molecule has 1 saturated heterocycles. The molecule has 0 aromatic carbocycles. The van der Waals surface area contributed by atoms with Crippen molar-refractivity contribution in [1.29, 1.82) is 0 Å². The third kappa shape index (κ3) is 2.87. The largest absolute Gasteiger partial charge is 0.381 e. The minimum atomic E-state index is -0.0510. The molecule has 0 bridgehead atoms. The Kier molecular flexibility index (Phi) is 4.09. The van der Waals surface area contributed by atoms with Gasteiger partial charge in [-0.3, -0.25) is 4.79 Å². The minimum Gasteiger partial charge on any atom is -0.381 e. The van der Waals surface area contributed by atoms with Crippen LogP contribution in [0.2, 0.25) is 0 Å². The molecule has 6 nitrogen and oxygen atoms in total. The number of nitrogens with zero attached hydrogens (tertiary/aromatic N) is 3. The first-order valence-corrected chi connectivity index (χ1v) is 10.1. The highest BCUT2D eigenvalue weighted by Gasteiger charge is 2.50. The molecule has 7 heteroatoms. The molecule has 5 rings (SSSR count). The molecular weight excluding hydrogens is 396 g/mol.